The van der Waals surface area contributed by atoms with Gasteiger partial charge in [-0.15, -0.1) is 0 Å². The zero-order chi connectivity index (χ0) is 13.7. The first-order chi connectivity index (χ1) is 9.26. The van der Waals surface area contributed by atoms with Crippen molar-refractivity contribution < 1.29 is 0 Å². The van der Waals surface area contributed by atoms with Crippen molar-refractivity contribution in [3.05, 3.63) is 64.1 Å². The van der Waals surface area contributed by atoms with Gasteiger partial charge in [-0.2, -0.15) is 5.26 Å². The highest BCUT2D eigenvalue weighted by atomic mass is 79.9. The summed E-state index contributed by atoms with van der Waals surface area (Å²) in [5.41, 5.74) is 2.75. The third kappa shape index (κ3) is 3.15. The molecule has 0 radical (unpaired) electrons. The molecule has 0 amide bonds. The number of halogens is 1. The Bertz CT molecular complexity index is 587. The maximum atomic E-state index is 9.24. The van der Waals surface area contributed by atoms with Gasteiger partial charge in [-0.1, -0.05) is 43.3 Å². The average molecular weight is 315 g/mol. The summed E-state index contributed by atoms with van der Waals surface area (Å²) in [7, 11) is 0. The van der Waals surface area contributed by atoms with Crippen LogP contribution in [0.4, 0.5) is 5.69 Å². The highest BCUT2D eigenvalue weighted by molar-refractivity contribution is 9.10. The summed E-state index contributed by atoms with van der Waals surface area (Å²) >= 11 is 3.41. The molecule has 0 heterocycles. The highest BCUT2D eigenvalue weighted by Gasteiger charge is 2.12. The van der Waals surface area contributed by atoms with Crippen LogP contribution >= 0.6 is 15.9 Å². The number of nitriles is 1. The maximum absolute atomic E-state index is 9.24. The quantitative estimate of drug-likeness (QED) is 0.872. The zero-order valence-corrected chi connectivity index (χ0v) is 12.3. The lowest BCUT2D eigenvalue weighted by Crippen LogP contribution is -2.10. The number of anilines is 1. The Morgan fingerprint density at radius 2 is 1.89 bits per heavy atom. The van der Waals surface area contributed by atoms with Crippen molar-refractivity contribution in [2.24, 2.45) is 0 Å². The van der Waals surface area contributed by atoms with Crippen molar-refractivity contribution in [1.29, 1.82) is 5.26 Å². The Labute approximate surface area is 122 Å². The van der Waals surface area contributed by atoms with Gasteiger partial charge in [-0.25, -0.2) is 0 Å². The number of nitrogens with zero attached hydrogens (tertiary/aromatic N) is 1. The summed E-state index contributed by atoms with van der Waals surface area (Å²) in [5, 5.41) is 12.7. The molecule has 0 aliphatic rings. The first-order valence-electron chi connectivity index (χ1n) is 6.26. The molecule has 0 aliphatic carbocycles. The molecule has 0 bridgehead atoms. The SMILES string of the molecule is CCC(Nc1cccc(Br)c1C#N)c1ccccc1. The van der Waals surface area contributed by atoms with Gasteiger partial charge >= 0.3 is 0 Å². The molecule has 0 saturated heterocycles. The molecule has 0 aliphatic heterocycles. The average Bonchev–Trinajstić information content (AvgIpc) is 2.46. The second-order valence-corrected chi connectivity index (χ2v) is 5.14. The van der Waals surface area contributed by atoms with Gasteiger partial charge in [0.15, 0.2) is 0 Å². The molecule has 96 valence electrons. The molecule has 0 fully saturated rings. The van der Waals surface area contributed by atoms with Crippen molar-refractivity contribution in [1.82, 2.24) is 0 Å². The smallest absolute Gasteiger partial charge is 0.103 e. The fraction of sp³-hybridized carbons (Fsp3) is 0.188. The minimum atomic E-state index is 0.211. The summed E-state index contributed by atoms with van der Waals surface area (Å²) in [6.07, 6.45) is 0.960. The Balaban J connectivity index is 2.30. The van der Waals surface area contributed by atoms with E-state index in [1.165, 1.54) is 5.56 Å². The van der Waals surface area contributed by atoms with E-state index in [1.807, 2.05) is 36.4 Å². The standard InChI is InChI=1S/C16H15BrN2/c1-2-15(12-7-4-3-5-8-12)19-16-10-6-9-14(17)13(16)11-18/h3-10,15,19H,2H2,1H3. The molecule has 1 unspecified atom stereocenters. The van der Waals surface area contributed by atoms with E-state index in [9.17, 15) is 5.26 Å². The second-order valence-electron chi connectivity index (χ2n) is 4.29. The monoisotopic (exact) mass is 314 g/mol. The van der Waals surface area contributed by atoms with Gasteiger partial charge in [-0.05, 0) is 40.0 Å². The van der Waals surface area contributed by atoms with Gasteiger partial charge in [0.2, 0.25) is 0 Å². The van der Waals surface area contributed by atoms with Crippen molar-refractivity contribution >= 4 is 21.6 Å². The van der Waals surface area contributed by atoms with Crippen molar-refractivity contribution in [2.45, 2.75) is 19.4 Å². The maximum Gasteiger partial charge on any atom is 0.103 e. The third-order valence-corrected chi connectivity index (χ3v) is 3.73. The predicted octanol–water partition coefficient (Wildman–Crippen LogP) is 4.88. The van der Waals surface area contributed by atoms with Gasteiger partial charge in [-0.3, -0.25) is 0 Å². The van der Waals surface area contributed by atoms with Crippen molar-refractivity contribution in [2.75, 3.05) is 5.32 Å². The molecular formula is C16H15BrN2. The lowest BCUT2D eigenvalue weighted by Gasteiger charge is -2.20. The predicted molar refractivity (Wildman–Crippen MR) is 82.0 cm³/mol. The molecule has 1 N–H and O–H groups in total. The fourth-order valence-corrected chi connectivity index (χ4v) is 2.51. The minimum absolute atomic E-state index is 0.211. The Morgan fingerprint density at radius 3 is 2.53 bits per heavy atom. The van der Waals surface area contributed by atoms with Crippen LogP contribution in [0.25, 0.3) is 0 Å². The zero-order valence-electron chi connectivity index (χ0n) is 10.7. The Hall–Kier alpha value is -1.79. The van der Waals surface area contributed by atoms with Gasteiger partial charge in [0.25, 0.3) is 0 Å². The van der Waals surface area contributed by atoms with E-state index in [1.54, 1.807) is 0 Å². The molecular weight excluding hydrogens is 300 g/mol. The van der Waals surface area contributed by atoms with Crippen LogP contribution in [0.3, 0.4) is 0 Å². The first-order valence-corrected chi connectivity index (χ1v) is 7.05. The summed E-state index contributed by atoms with van der Waals surface area (Å²) < 4.78 is 0.822. The fourth-order valence-electron chi connectivity index (χ4n) is 2.05. The van der Waals surface area contributed by atoms with E-state index in [4.69, 9.17) is 0 Å². The summed E-state index contributed by atoms with van der Waals surface area (Å²) in [4.78, 5) is 0. The van der Waals surface area contributed by atoms with E-state index in [0.29, 0.717) is 5.56 Å². The topological polar surface area (TPSA) is 35.8 Å². The van der Waals surface area contributed by atoms with E-state index < -0.39 is 0 Å². The van der Waals surface area contributed by atoms with E-state index in [-0.39, 0.29) is 6.04 Å². The minimum Gasteiger partial charge on any atom is -0.377 e. The van der Waals surface area contributed by atoms with Crippen LogP contribution in [0.15, 0.2) is 53.0 Å². The number of hydrogen-bond donors (Lipinski definition) is 1. The molecule has 19 heavy (non-hydrogen) atoms. The van der Waals surface area contributed by atoms with Gasteiger partial charge in [0, 0.05) is 4.47 Å². The second kappa shape index (κ2) is 6.40. The summed E-state index contributed by atoms with van der Waals surface area (Å²) in [6, 6.07) is 18.5. The number of rotatable bonds is 4. The van der Waals surface area contributed by atoms with Gasteiger partial charge in [0.05, 0.1) is 17.3 Å². The Morgan fingerprint density at radius 1 is 1.16 bits per heavy atom. The van der Waals surface area contributed by atoms with Crippen molar-refractivity contribution in [3.8, 4) is 6.07 Å². The van der Waals surface area contributed by atoms with E-state index >= 15 is 0 Å². The lowest BCUT2D eigenvalue weighted by molar-refractivity contribution is 0.749. The Kier molecular flexibility index (Phi) is 4.59. The molecule has 0 spiro atoms. The molecule has 2 nitrogen and oxygen atoms in total. The van der Waals surface area contributed by atoms with E-state index in [0.717, 1.165) is 16.6 Å². The van der Waals surface area contributed by atoms with Crippen LogP contribution < -0.4 is 5.32 Å². The van der Waals surface area contributed by atoms with Gasteiger partial charge in [0.1, 0.15) is 6.07 Å². The third-order valence-electron chi connectivity index (χ3n) is 3.07. The molecule has 0 saturated carbocycles. The largest absolute Gasteiger partial charge is 0.377 e. The normalized spacial score (nSPS) is 11.6. The molecule has 1 atom stereocenters. The number of nitrogens with one attached hydrogen (secondary N) is 1. The van der Waals surface area contributed by atoms with Gasteiger partial charge < -0.3 is 5.32 Å². The number of benzene rings is 2. The van der Waals surface area contributed by atoms with Crippen LogP contribution in [-0.4, -0.2) is 0 Å². The lowest BCUT2D eigenvalue weighted by atomic mass is 10.0. The molecule has 3 heteroatoms. The van der Waals surface area contributed by atoms with Crippen LogP contribution in [-0.2, 0) is 0 Å². The van der Waals surface area contributed by atoms with Crippen LogP contribution in [0.2, 0.25) is 0 Å². The molecule has 2 aromatic carbocycles. The molecule has 2 aromatic rings. The van der Waals surface area contributed by atoms with E-state index in [2.05, 4.69) is 46.4 Å². The van der Waals surface area contributed by atoms with Crippen molar-refractivity contribution in [3.63, 3.8) is 0 Å². The van der Waals surface area contributed by atoms with Crippen LogP contribution in [0.5, 0.6) is 0 Å². The highest BCUT2D eigenvalue weighted by Crippen LogP contribution is 2.28. The molecule has 0 aromatic heterocycles. The molecule has 2 rings (SSSR count). The number of hydrogen-bond acceptors (Lipinski definition) is 2. The summed E-state index contributed by atoms with van der Waals surface area (Å²) in [6.45, 7) is 2.13. The first kappa shape index (κ1) is 13.6. The van der Waals surface area contributed by atoms with Crippen LogP contribution in [0, 0.1) is 11.3 Å². The van der Waals surface area contributed by atoms with Crippen LogP contribution in [0.1, 0.15) is 30.5 Å². The summed E-state index contributed by atoms with van der Waals surface area (Å²) in [5.74, 6) is 0.